The fraction of sp³-hybridized carbons (Fsp3) is 0.725. The zero-order valence-corrected chi connectivity index (χ0v) is 36.7. The predicted molar refractivity (Wildman–Crippen MR) is 214 cm³/mol. The lowest BCUT2D eigenvalue weighted by Gasteiger charge is -2.47. The standard InChI is InChI=1S/C40H70ClNO6Si2/c1-16-31(37(46)40(10,11)34(27-35(44)45)47-49(12,13)38(4,5)6)36(48-50(14,15)39(7,8)9)29(3)21-19-20-28(2)23-24-33(43)32(41)26-30-22-17-18-25-42-30/h17-18,22-23,25-26,29,31,33-34,36,43H,16,19-21,24,27H2,1-15H3,(H,44,45)/b28-23+,32-26+/t29-,31+,33-,34-,36-/m0/s1. The van der Waals surface area contributed by atoms with Crippen LogP contribution in [-0.2, 0) is 18.4 Å². The highest BCUT2D eigenvalue weighted by atomic mass is 35.5. The van der Waals surface area contributed by atoms with E-state index in [0.29, 0.717) is 23.6 Å². The SMILES string of the molecule is CC[C@@H](C(=O)C(C)(C)[C@H](CC(=O)O)O[Si](C)(C)C(C)(C)C)[C@@H](O[Si](C)(C)C(C)(C)C)[C@@H](C)CCC/C(C)=C/C[C@H](O)/C(Cl)=C\c1ccccn1. The Morgan fingerprint density at radius 2 is 1.54 bits per heavy atom. The van der Waals surface area contributed by atoms with Crippen molar-refractivity contribution in [1.82, 2.24) is 4.98 Å². The van der Waals surface area contributed by atoms with Crippen LogP contribution in [0, 0.1) is 17.3 Å². The number of aliphatic hydroxyl groups excluding tert-OH is 1. The summed E-state index contributed by atoms with van der Waals surface area (Å²) >= 11 is 6.38. The Bertz CT molecular complexity index is 1300. The van der Waals surface area contributed by atoms with E-state index < -0.39 is 46.1 Å². The van der Waals surface area contributed by atoms with Crippen molar-refractivity contribution in [2.45, 2.75) is 169 Å². The van der Waals surface area contributed by atoms with E-state index in [2.05, 4.69) is 86.6 Å². The molecule has 1 aromatic heterocycles. The van der Waals surface area contributed by atoms with Crippen LogP contribution in [0.4, 0.5) is 0 Å². The number of Topliss-reactive ketones (excluding diaryl/α,β-unsaturated/α-hetero) is 1. The van der Waals surface area contributed by atoms with Crippen molar-refractivity contribution < 1.29 is 28.7 Å². The topological polar surface area (TPSA) is 106 Å². The minimum Gasteiger partial charge on any atom is -0.481 e. The molecule has 0 aromatic carbocycles. The second-order valence-corrected chi connectivity index (χ2v) is 27.8. The van der Waals surface area contributed by atoms with Crippen LogP contribution in [0.3, 0.4) is 0 Å². The number of carbonyl (C=O) groups is 2. The van der Waals surface area contributed by atoms with Crippen molar-refractivity contribution in [3.05, 3.63) is 46.8 Å². The number of carboxylic acids is 1. The number of aromatic nitrogens is 1. The van der Waals surface area contributed by atoms with Gasteiger partial charge in [-0.15, -0.1) is 0 Å². The van der Waals surface area contributed by atoms with E-state index in [1.165, 1.54) is 5.57 Å². The molecule has 5 atom stereocenters. The smallest absolute Gasteiger partial charge is 0.305 e. The molecular weight excluding hydrogens is 682 g/mol. The number of nitrogens with zero attached hydrogens (tertiary/aromatic N) is 1. The van der Waals surface area contributed by atoms with Gasteiger partial charge in [-0.25, -0.2) is 0 Å². The lowest BCUT2D eigenvalue weighted by Crippen LogP contribution is -2.54. The molecule has 0 saturated carbocycles. The minimum atomic E-state index is -2.39. The van der Waals surface area contributed by atoms with Gasteiger partial charge in [0.25, 0.3) is 0 Å². The summed E-state index contributed by atoms with van der Waals surface area (Å²) in [5.74, 6) is -1.27. The van der Waals surface area contributed by atoms with E-state index >= 15 is 0 Å². The van der Waals surface area contributed by atoms with Crippen LogP contribution in [0.25, 0.3) is 6.08 Å². The average molecular weight is 753 g/mol. The lowest BCUT2D eigenvalue weighted by atomic mass is 9.71. The number of allylic oxidation sites excluding steroid dienone is 1. The molecule has 0 amide bonds. The minimum absolute atomic E-state index is 0.0150. The van der Waals surface area contributed by atoms with Crippen molar-refractivity contribution in [3.8, 4) is 0 Å². The van der Waals surface area contributed by atoms with Gasteiger partial charge in [0.2, 0.25) is 0 Å². The number of carboxylic acid groups (broad SMARTS) is 1. The summed E-state index contributed by atoms with van der Waals surface area (Å²) in [6.45, 7) is 31.7. The second-order valence-electron chi connectivity index (χ2n) is 17.9. The van der Waals surface area contributed by atoms with Crippen LogP contribution in [-0.4, -0.2) is 61.9 Å². The fourth-order valence-corrected chi connectivity index (χ4v) is 8.62. The lowest BCUT2D eigenvalue weighted by molar-refractivity contribution is -0.147. The monoisotopic (exact) mass is 751 g/mol. The highest BCUT2D eigenvalue weighted by molar-refractivity contribution is 6.74. The highest BCUT2D eigenvalue weighted by Gasteiger charge is 2.50. The molecule has 2 N–H and O–H groups in total. The molecule has 50 heavy (non-hydrogen) atoms. The molecule has 10 heteroatoms. The third-order valence-electron chi connectivity index (χ3n) is 11.2. The fourth-order valence-electron chi connectivity index (χ4n) is 5.54. The van der Waals surface area contributed by atoms with Gasteiger partial charge < -0.3 is 19.1 Å². The summed E-state index contributed by atoms with van der Waals surface area (Å²) in [4.78, 5) is 31.1. The first-order valence-electron chi connectivity index (χ1n) is 18.4. The third kappa shape index (κ3) is 13.7. The van der Waals surface area contributed by atoms with E-state index in [1.54, 1.807) is 12.3 Å². The first-order valence-corrected chi connectivity index (χ1v) is 24.6. The Kier molecular flexibility index (Phi) is 17.6. The number of hydrogen-bond acceptors (Lipinski definition) is 6. The first-order chi connectivity index (χ1) is 22.7. The quantitative estimate of drug-likeness (QED) is 0.101. The van der Waals surface area contributed by atoms with Crippen molar-refractivity contribution in [1.29, 1.82) is 0 Å². The molecule has 0 fully saturated rings. The van der Waals surface area contributed by atoms with Crippen molar-refractivity contribution in [3.63, 3.8) is 0 Å². The molecule has 0 bridgehead atoms. The van der Waals surface area contributed by atoms with Gasteiger partial charge in [0, 0.05) is 22.6 Å². The molecule has 0 spiro atoms. The van der Waals surface area contributed by atoms with Crippen molar-refractivity contribution in [2.24, 2.45) is 17.3 Å². The molecule has 0 unspecified atom stereocenters. The Balaban J connectivity index is 3.28. The van der Waals surface area contributed by atoms with Gasteiger partial charge in [0.1, 0.15) is 5.78 Å². The van der Waals surface area contributed by atoms with Gasteiger partial charge in [0.15, 0.2) is 16.6 Å². The molecule has 286 valence electrons. The molecule has 1 heterocycles. The van der Waals surface area contributed by atoms with Crippen LogP contribution in [0.2, 0.25) is 36.3 Å². The summed E-state index contributed by atoms with van der Waals surface area (Å²) in [5, 5.41) is 20.7. The number of ketones is 1. The van der Waals surface area contributed by atoms with Gasteiger partial charge in [-0.05, 0) is 99.4 Å². The van der Waals surface area contributed by atoms with Gasteiger partial charge in [-0.2, -0.15) is 0 Å². The van der Waals surface area contributed by atoms with Gasteiger partial charge in [-0.3, -0.25) is 14.6 Å². The van der Waals surface area contributed by atoms with E-state index in [1.807, 2.05) is 45.0 Å². The Hall–Kier alpha value is -1.63. The number of aliphatic hydroxyl groups is 1. The van der Waals surface area contributed by atoms with E-state index in [4.69, 9.17) is 20.5 Å². The number of pyridine rings is 1. The number of rotatable bonds is 20. The number of halogens is 1. The van der Waals surface area contributed by atoms with Crippen LogP contribution >= 0.6 is 11.6 Å². The third-order valence-corrected chi connectivity index (χ3v) is 20.5. The van der Waals surface area contributed by atoms with Gasteiger partial charge >= 0.3 is 5.97 Å². The maximum Gasteiger partial charge on any atom is 0.305 e. The highest BCUT2D eigenvalue weighted by Crippen LogP contribution is 2.44. The van der Waals surface area contributed by atoms with Crippen molar-refractivity contribution >= 4 is 46.1 Å². The first kappa shape index (κ1) is 46.4. The average Bonchev–Trinajstić information content (AvgIpc) is 2.98. The molecule has 0 aliphatic rings. The molecule has 1 aromatic rings. The molecule has 0 radical (unpaired) electrons. The predicted octanol–water partition coefficient (Wildman–Crippen LogP) is 11.0. The summed E-state index contributed by atoms with van der Waals surface area (Å²) in [6, 6.07) is 5.55. The number of hydrogen-bond donors (Lipinski definition) is 2. The van der Waals surface area contributed by atoms with E-state index in [0.717, 1.165) is 19.3 Å². The normalized spacial score (nSPS) is 17.2. The molecule has 7 nitrogen and oxygen atoms in total. The molecule has 1 rings (SSSR count). The summed E-state index contributed by atoms with van der Waals surface area (Å²) in [6.07, 6.45) is 6.94. The Morgan fingerprint density at radius 3 is 2.02 bits per heavy atom. The van der Waals surface area contributed by atoms with Crippen LogP contribution < -0.4 is 0 Å². The maximum atomic E-state index is 14.8. The van der Waals surface area contributed by atoms with Gasteiger partial charge in [-0.1, -0.05) is 98.6 Å². The van der Waals surface area contributed by atoms with Gasteiger partial charge in [0.05, 0.1) is 30.4 Å². The summed E-state index contributed by atoms with van der Waals surface area (Å²) in [7, 11) is -4.68. The second kappa shape index (κ2) is 18.9. The summed E-state index contributed by atoms with van der Waals surface area (Å²) < 4.78 is 13.9. The van der Waals surface area contributed by atoms with Crippen LogP contribution in [0.15, 0.2) is 41.1 Å². The van der Waals surface area contributed by atoms with E-state index in [9.17, 15) is 19.8 Å². The van der Waals surface area contributed by atoms with Crippen molar-refractivity contribution in [2.75, 3.05) is 0 Å². The molecule has 0 saturated heterocycles. The largest absolute Gasteiger partial charge is 0.481 e. The molecular formula is C40H70ClNO6Si2. The molecule has 0 aliphatic heterocycles. The van der Waals surface area contributed by atoms with Crippen LogP contribution in [0.1, 0.15) is 120 Å². The zero-order chi connectivity index (χ0) is 38.9. The number of carbonyl (C=O) groups excluding carboxylic acids is 1. The summed E-state index contributed by atoms with van der Waals surface area (Å²) in [5.41, 5.74) is 0.841. The number of aliphatic carboxylic acids is 1. The van der Waals surface area contributed by atoms with Crippen LogP contribution in [0.5, 0.6) is 0 Å². The van der Waals surface area contributed by atoms with E-state index in [-0.39, 0.29) is 34.3 Å². The Labute approximate surface area is 311 Å². The maximum absolute atomic E-state index is 14.8. The molecule has 0 aliphatic carbocycles. The zero-order valence-electron chi connectivity index (χ0n) is 33.9. The Morgan fingerprint density at radius 1 is 0.980 bits per heavy atom.